The van der Waals surface area contributed by atoms with Gasteiger partial charge in [0.25, 0.3) is 0 Å². The lowest BCUT2D eigenvalue weighted by Crippen LogP contribution is -2.48. The van der Waals surface area contributed by atoms with Crippen LogP contribution in [0, 0.1) is 11.6 Å². The summed E-state index contributed by atoms with van der Waals surface area (Å²) in [6.45, 7) is 7.21. The summed E-state index contributed by atoms with van der Waals surface area (Å²) in [5, 5.41) is 2.82. The van der Waals surface area contributed by atoms with Crippen molar-refractivity contribution >= 4 is 20.3 Å². The number of likely N-dealkylation sites (tertiary alicyclic amines) is 1. The van der Waals surface area contributed by atoms with Gasteiger partial charge in [0.2, 0.25) is 0 Å². The summed E-state index contributed by atoms with van der Waals surface area (Å²) in [4.78, 5) is 26.6. The number of benzene rings is 2. The van der Waals surface area contributed by atoms with Gasteiger partial charge in [-0.1, -0.05) is 50.0 Å². The number of nitrogens with one attached hydrogen (secondary N) is 1. The van der Waals surface area contributed by atoms with Gasteiger partial charge in [0.05, 0.1) is 12.6 Å². The van der Waals surface area contributed by atoms with Crippen LogP contribution in [0.3, 0.4) is 0 Å². The predicted octanol–water partition coefficient (Wildman–Crippen LogP) is 5.87. The third-order valence-corrected chi connectivity index (χ3v) is 7.47. The van der Waals surface area contributed by atoms with Crippen molar-refractivity contribution in [1.82, 2.24) is 10.2 Å². The lowest BCUT2D eigenvalue weighted by molar-refractivity contribution is 0.0596. The maximum Gasteiger partial charge on any atom is 0.410 e. The van der Waals surface area contributed by atoms with Gasteiger partial charge in [0.15, 0.2) is 0 Å². The molecular formula is C25H32F2N2O4Si. The third kappa shape index (κ3) is 7.55. The molecule has 6 nitrogen and oxygen atoms in total. The van der Waals surface area contributed by atoms with E-state index in [2.05, 4.69) is 25.0 Å². The van der Waals surface area contributed by atoms with Gasteiger partial charge >= 0.3 is 12.2 Å². The molecule has 34 heavy (non-hydrogen) atoms. The number of hydrogen-bond acceptors (Lipinski definition) is 4. The Morgan fingerprint density at radius 1 is 1.09 bits per heavy atom. The van der Waals surface area contributed by atoms with Gasteiger partial charge in [-0.05, 0) is 42.6 Å². The molecule has 0 aromatic heterocycles. The van der Waals surface area contributed by atoms with Gasteiger partial charge in [-0.15, -0.1) is 0 Å². The van der Waals surface area contributed by atoms with E-state index >= 15 is 0 Å². The molecule has 3 rings (SSSR count). The molecule has 1 heterocycles. The van der Waals surface area contributed by atoms with Gasteiger partial charge in [-0.3, -0.25) is 0 Å². The monoisotopic (exact) mass is 490 g/mol. The van der Waals surface area contributed by atoms with Crippen LogP contribution in [0.1, 0.15) is 30.0 Å². The SMILES string of the molecule is C[Si](C)(C)CCOC(=O)N[C@@H]1CCN(C(=O)OCc2ccccc2)[C@H](c2cc(F)ccc2F)C1. The number of carbonyl (C=O) groups is 2. The average molecular weight is 491 g/mol. The Morgan fingerprint density at radius 3 is 2.53 bits per heavy atom. The van der Waals surface area contributed by atoms with E-state index in [0.29, 0.717) is 13.0 Å². The molecule has 0 unspecified atom stereocenters. The number of ether oxygens (including phenoxy) is 2. The molecule has 0 spiro atoms. The second-order valence-corrected chi connectivity index (χ2v) is 15.3. The Labute approximate surface area is 200 Å². The normalized spacial score (nSPS) is 18.3. The first-order valence-electron chi connectivity index (χ1n) is 11.5. The summed E-state index contributed by atoms with van der Waals surface area (Å²) in [5.74, 6) is -1.22. The molecule has 1 aliphatic heterocycles. The summed E-state index contributed by atoms with van der Waals surface area (Å²) in [6.07, 6.45) is -0.503. The summed E-state index contributed by atoms with van der Waals surface area (Å²) >= 11 is 0. The van der Waals surface area contributed by atoms with E-state index in [1.165, 1.54) is 4.90 Å². The maximum absolute atomic E-state index is 14.7. The molecule has 0 aliphatic carbocycles. The molecule has 9 heteroatoms. The molecule has 0 bridgehead atoms. The second-order valence-electron chi connectivity index (χ2n) is 9.73. The van der Waals surface area contributed by atoms with Crippen LogP contribution in [-0.4, -0.2) is 44.4 Å². The molecule has 2 aromatic carbocycles. The van der Waals surface area contributed by atoms with E-state index in [1.807, 2.05) is 30.3 Å². The molecule has 2 atom stereocenters. The second kappa shape index (κ2) is 11.5. The quantitative estimate of drug-likeness (QED) is 0.493. The van der Waals surface area contributed by atoms with Crippen LogP contribution in [0.25, 0.3) is 0 Å². The van der Waals surface area contributed by atoms with Crippen molar-refractivity contribution in [2.24, 2.45) is 0 Å². The average Bonchev–Trinajstić information content (AvgIpc) is 2.79. The number of carbonyl (C=O) groups excluding carboxylic acids is 2. The highest BCUT2D eigenvalue weighted by Gasteiger charge is 2.36. The van der Waals surface area contributed by atoms with Crippen LogP contribution in [-0.2, 0) is 16.1 Å². The Hall–Kier alpha value is -2.94. The minimum atomic E-state index is -1.34. The van der Waals surface area contributed by atoms with Crippen LogP contribution >= 0.6 is 0 Å². The number of rotatable bonds is 7. The number of nitrogens with zero attached hydrogens (tertiary/aromatic N) is 1. The maximum atomic E-state index is 14.7. The van der Waals surface area contributed by atoms with E-state index in [-0.39, 0.29) is 31.2 Å². The molecule has 0 radical (unpaired) electrons. The third-order valence-electron chi connectivity index (χ3n) is 5.77. The molecule has 2 aromatic rings. The number of piperidine rings is 1. The van der Waals surface area contributed by atoms with Crippen molar-refractivity contribution in [2.45, 2.75) is 57.2 Å². The Balaban J connectivity index is 1.69. The molecule has 1 N–H and O–H groups in total. The minimum Gasteiger partial charge on any atom is -0.450 e. The zero-order chi connectivity index (χ0) is 24.7. The Bertz CT molecular complexity index is 985. The van der Waals surface area contributed by atoms with Gasteiger partial charge in [-0.2, -0.15) is 0 Å². The largest absolute Gasteiger partial charge is 0.450 e. The van der Waals surface area contributed by atoms with Crippen LogP contribution in [0.5, 0.6) is 0 Å². The van der Waals surface area contributed by atoms with Gasteiger partial charge in [0.1, 0.15) is 18.2 Å². The molecule has 1 fully saturated rings. The highest BCUT2D eigenvalue weighted by molar-refractivity contribution is 6.76. The van der Waals surface area contributed by atoms with Gasteiger partial charge in [-0.25, -0.2) is 18.4 Å². The lowest BCUT2D eigenvalue weighted by atomic mass is 9.91. The molecule has 0 saturated carbocycles. The fourth-order valence-electron chi connectivity index (χ4n) is 3.84. The number of halogens is 2. The van der Waals surface area contributed by atoms with Crippen LogP contribution in [0.4, 0.5) is 18.4 Å². The standard InChI is InChI=1S/C25H32F2N2O4Si/c1-34(2,3)14-13-32-24(30)28-20-11-12-29(25(31)33-17-18-7-5-4-6-8-18)23(16-20)21-15-19(26)9-10-22(21)27/h4-10,15,20,23H,11-14,16-17H2,1-3H3,(H,28,30)/t20-,23+/m1/s1. The van der Waals surface area contributed by atoms with E-state index in [4.69, 9.17) is 9.47 Å². The number of hydrogen-bond donors (Lipinski definition) is 1. The van der Waals surface area contributed by atoms with Crippen molar-refractivity contribution in [3.8, 4) is 0 Å². The first-order valence-corrected chi connectivity index (χ1v) is 15.2. The highest BCUT2D eigenvalue weighted by atomic mass is 28.3. The van der Waals surface area contributed by atoms with E-state index in [0.717, 1.165) is 29.8 Å². The summed E-state index contributed by atoms with van der Waals surface area (Å²) < 4.78 is 39.4. The summed E-state index contributed by atoms with van der Waals surface area (Å²) in [7, 11) is -1.34. The van der Waals surface area contributed by atoms with Gasteiger partial charge in [0, 0.05) is 26.2 Å². The van der Waals surface area contributed by atoms with Crippen molar-refractivity contribution in [2.75, 3.05) is 13.2 Å². The number of amides is 2. The van der Waals surface area contributed by atoms with E-state index in [1.54, 1.807) is 0 Å². The summed E-state index contributed by atoms with van der Waals surface area (Å²) in [6, 6.07) is 12.1. The first-order chi connectivity index (χ1) is 16.1. The zero-order valence-corrected chi connectivity index (χ0v) is 20.9. The van der Waals surface area contributed by atoms with Gasteiger partial charge < -0.3 is 19.7 Å². The zero-order valence-electron chi connectivity index (χ0n) is 19.9. The van der Waals surface area contributed by atoms with Crippen molar-refractivity contribution < 1.29 is 27.8 Å². The predicted molar refractivity (Wildman–Crippen MR) is 128 cm³/mol. The highest BCUT2D eigenvalue weighted by Crippen LogP contribution is 2.34. The van der Waals surface area contributed by atoms with Crippen molar-refractivity contribution in [1.29, 1.82) is 0 Å². The first kappa shape index (κ1) is 25.7. The Kier molecular flexibility index (Phi) is 8.65. The Morgan fingerprint density at radius 2 is 1.82 bits per heavy atom. The fraction of sp³-hybridized carbons (Fsp3) is 0.440. The fourth-order valence-corrected chi connectivity index (χ4v) is 4.55. The number of alkyl carbamates (subject to hydrolysis) is 1. The van der Waals surface area contributed by atoms with Crippen LogP contribution in [0.2, 0.25) is 25.7 Å². The smallest absolute Gasteiger partial charge is 0.410 e. The van der Waals surface area contributed by atoms with Crippen LogP contribution < -0.4 is 5.32 Å². The molecule has 184 valence electrons. The topological polar surface area (TPSA) is 67.9 Å². The molecular weight excluding hydrogens is 458 g/mol. The van der Waals surface area contributed by atoms with Crippen LogP contribution in [0.15, 0.2) is 48.5 Å². The lowest BCUT2D eigenvalue weighted by Gasteiger charge is -2.39. The summed E-state index contributed by atoms with van der Waals surface area (Å²) in [5.41, 5.74) is 0.872. The molecule has 1 saturated heterocycles. The van der Waals surface area contributed by atoms with Crippen molar-refractivity contribution in [3.63, 3.8) is 0 Å². The van der Waals surface area contributed by atoms with E-state index in [9.17, 15) is 18.4 Å². The minimum absolute atomic E-state index is 0.0512. The van der Waals surface area contributed by atoms with E-state index < -0.39 is 37.9 Å². The molecule has 2 amide bonds. The molecule has 1 aliphatic rings. The van der Waals surface area contributed by atoms with Crippen molar-refractivity contribution in [3.05, 3.63) is 71.3 Å².